The molecule has 1 fully saturated rings. The van der Waals surface area contributed by atoms with Gasteiger partial charge in [0.15, 0.2) is 11.5 Å². The van der Waals surface area contributed by atoms with Crippen LogP contribution in [0.15, 0.2) is 6.33 Å². The Bertz CT molecular complexity index is 516. The van der Waals surface area contributed by atoms with Crippen LogP contribution >= 0.6 is 0 Å². The number of H-pyrrole nitrogens is 1. The van der Waals surface area contributed by atoms with Gasteiger partial charge in [0.05, 0.1) is 6.33 Å². The summed E-state index contributed by atoms with van der Waals surface area (Å²) in [4.78, 5) is 15.4. The standard InChI is InChI=1S/C11H16N6/c12-11-16-9(8-10(17-11)15-6-14-8)13-5-4-7-2-1-3-7/h6-7H,1-5H2,(H4,12,13,14,15,16,17). The van der Waals surface area contributed by atoms with Crippen molar-refractivity contribution in [3.8, 4) is 0 Å². The summed E-state index contributed by atoms with van der Waals surface area (Å²) in [6.07, 6.45) is 6.92. The quantitative estimate of drug-likeness (QED) is 0.743. The van der Waals surface area contributed by atoms with Gasteiger partial charge in [0, 0.05) is 6.54 Å². The van der Waals surface area contributed by atoms with Crippen molar-refractivity contribution in [2.45, 2.75) is 25.7 Å². The third-order valence-corrected chi connectivity index (χ3v) is 3.37. The van der Waals surface area contributed by atoms with Crippen LogP contribution in [-0.2, 0) is 0 Å². The van der Waals surface area contributed by atoms with Gasteiger partial charge in [0.1, 0.15) is 5.52 Å². The first-order valence-corrected chi connectivity index (χ1v) is 6.03. The average molecular weight is 232 g/mol. The fourth-order valence-corrected chi connectivity index (χ4v) is 2.15. The summed E-state index contributed by atoms with van der Waals surface area (Å²) in [6.45, 7) is 0.926. The first kappa shape index (κ1) is 10.3. The fraction of sp³-hybridized carbons (Fsp3) is 0.545. The Morgan fingerprint density at radius 1 is 1.41 bits per heavy atom. The highest BCUT2D eigenvalue weighted by molar-refractivity contribution is 5.83. The van der Waals surface area contributed by atoms with E-state index in [-0.39, 0.29) is 5.95 Å². The van der Waals surface area contributed by atoms with E-state index in [1.54, 1.807) is 6.33 Å². The van der Waals surface area contributed by atoms with Crippen molar-refractivity contribution in [3.63, 3.8) is 0 Å². The van der Waals surface area contributed by atoms with Crippen molar-refractivity contribution in [2.24, 2.45) is 5.92 Å². The molecule has 3 rings (SSSR count). The molecule has 0 bridgehead atoms. The second-order valence-electron chi connectivity index (χ2n) is 4.54. The van der Waals surface area contributed by atoms with Crippen molar-refractivity contribution < 1.29 is 0 Å². The Morgan fingerprint density at radius 2 is 2.29 bits per heavy atom. The van der Waals surface area contributed by atoms with Gasteiger partial charge < -0.3 is 16.0 Å². The number of hydrogen-bond acceptors (Lipinski definition) is 5. The molecule has 0 radical (unpaired) electrons. The smallest absolute Gasteiger partial charge is 0.224 e. The van der Waals surface area contributed by atoms with Gasteiger partial charge in [-0.25, -0.2) is 4.98 Å². The molecule has 1 aliphatic carbocycles. The van der Waals surface area contributed by atoms with Crippen molar-refractivity contribution in [1.29, 1.82) is 0 Å². The number of fused-ring (bicyclic) bond motifs is 1. The van der Waals surface area contributed by atoms with Crippen LogP contribution in [0.3, 0.4) is 0 Å². The first-order chi connectivity index (χ1) is 8.33. The maximum atomic E-state index is 5.64. The lowest BCUT2D eigenvalue weighted by Crippen LogP contribution is -2.16. The number of aromatic amines is 1. The van der Waals surface area contributed by atoms with Crippen molar-refractivity contribution in [1.82, 2.24) is 19.9 Å². The zero-order valence-corrected chi connectivity index (χ0v) is 9.61. The Kier molecular flexibility index (Phi) is 2.55. The van der Waals surface area contributed by atoms with Crippen molar-refractivity contribution in [3.05, 3.63) is 6.33 Å². The van der Waals surface area contributed by atoms with Crippen molar-refractivity contribution in [2.75, 3.05) is 17.6 Å². The van der Waals surface area contributed by atoms with E-state index in [1.807, 2.05) is 0 Å². The van der Waals surface area contributed by atoms with E-state index in [2.05, 4.69) is 25.3 Å². The third kappa shape index (κ3) is 2.02. The van der Waals surface area contributed by atoms with Crippen LogP contribution in [0.25, 0.3) is 11.2 Å². The largest absolute Gasteiger partial charge is 0.368 e. The minimum atomic E-state index is 0.260. The lowest BCUT2D eigenvalue weighted by atomic mass is 9.83. The summed E-state index contributed by atoms with van der Waals surface area (Å²) >= 11 is 0. The zero-order valence-electron chi connectivity index (χ0n) is 9.61. The highest BCUT2D eigenvalue weighted by Gasteiger charge is 2.17. The minimum Gasteiger partial charge on any atom is -0.368 e. The number of nitrogen functional groups attached to an aromatic ring is 1. The molecule has 2 heterocycles. The van der Waals surface area contributed by atoms with Crippen LogP contribution < -0.4 is 11.1 Å². The number of hydrogen-bond donors (Lipinski definition) is 3. The summed E-state index contributed by atoms with van der Waals surface area (Å²) in [5.41, 5.74) is 7.08. The molecule has 0 spiro atoms. The number of nitrogens with one attached hydrogen (secondary N) is 2. The number of nitrogens with two attached hydrogens (primary N) is 1. The highest BCUT2D eigenvalue weighted by atomic mass is 15.1. The molecule has 17 heavy (non-hydrogen) atoms. The SMILES string of the molecule is Nc1nc(NCCC2CCC2)c2[nH]cnc2n1. The van der Waals surface area contributed by atoms with Gasteiger partial charge in [0.2, 0.25) is 5.95 Å². The Hall–Kier alpha value is -1.85. The van der Waals surface area contributed by atoms with Crippen LogP contribution in [-0.4, -0.2) is 26.5 Å². The number of nitrogens with zero attached hydrogens (tertiary/aromatic N) is 3. The molecule has 0 saturated heterocycles. The molecular weight excluding hydrogens is 216 g/mol. The summed E-state index contributed by atoms with van der Waals surface area (Å²) in [5, 5.41) is 3.31. The summed E-state index contributed by atoms with van der Waals surface area (Å²) in [5.74, 6) is 1.90. The van der Waals surface area contributed by atoms with Crippen LogP contribution in [0.1, 0.15) is 25.7 Å². The van der Waals surface area contributed by atoms with E-state index in [4.69, 9.17) is 5.73 Å². The maximum absolute atomic E-state index is 5.64. The highest BCUT2D eigenvalue weighted by Crippen LogP contribution is 2.29. The minimum absolute atomic E-state index is 0.260. The number of aromatic nitrogens is 4. The molecule has 0 unspecified atom stereocenters. The van der Waals surface area contributed by atoms with Gasteiger partial charge in [-0.1, -0.05) is 19.3 Å². The van der Waals surface area contributed by atoms with Crippen LogP contribution in [0.4, 0.5) is 11.8 Å². The van der Waals surface area contributed by atoms with Gasteiger partial charge in [-0.15, -0.1) is 0 Å². The fourth-order valence-electron chi connectivity index (χ4n) is 2.15. The molecule has 6 nitrogen and oxygen atoms in total. The van der Waals surface area contributed by atoms with Gasteiger partial charge in [-0.3, -0.25) is 0 Å². The van der Waals surface area contributed by atoms with Gasteiger partial charge in [0.25, 0.3) is 0 Å². The van der Waals surface area contributed by atoms with Gasteiger partial charge >= 0.3 is 0 Å². The van der Waals surface area contributed by atoms with E-state index in [1.165, 1.54) is 25.7 Å². The third-order valence-electron chi connectivity index (χ3n) is 3.37. The van der Waals surface area contributed by atoms with E-state index in [9.17, 15) is 0 Å². The lowest BCUT2D eigenvalue weighted by molar-refractivity contribution is 0.303. The Morgan fingerprint density at radius 3 is 3.06 bits per heavy atom. The molecule has 2 aromatic heterocycles. The average Bonchev–Trinajstić information content (AvgIpc) is 2.69. The van der Waals surface area contributed by atoms with Gasteiger partial charge in [-0.05, 0) is 12.3 Å². The summed E-state index contributed by atoms with van der Waals surface area (Å²) < 4.78 is 0. The second kappa shape index (κ2) is 4.20. The topological polar surface area (TPSA) is 92.5 Å². The summed E-state index contributed by atoms with van der Waals surface area (Å²) in [7, 11) is 0. The Balaban J connectivity index is 1.72. The molecular formula is C11H16N6. The Labute approximate surface area is 99.1 Å². The number of rotatable bonds is 4. The predicted molar refractivity (Wildman–Crippen MR) is 66.5 cm³/mol. The summed E-state index contributed by atoms with van der Waals surface area (Å²) in [6, 6.07) is 0. The van der Waals surface area contributed by atoms with E-state index < -0.39 is 0 Å². The first-order valence-electron chi connectivity index (χ1n) is 6.03. The predicted octanol–water partition coefficient (Wildman–Crippen LogP) is 1.54. The monoisotopic (exact) mass is 232 g/mol. The molecule has 0 aromatic carbocycles. The molecule has 1 saturated carbocycles. The molecule has 6 heteroatoms. The molecule has 4 N–H and O–H groups in total. The van der Waals surface area contributed by atoms with Gasteiger partial charge in [-0.2, -0.15) is 9.97 Å². The second-order valence-corrected chi connectivity index (χ2v) is 4.54. The molecule has 0 amide bonds. The molecule has 0 atom stereocenters. The van der Waals surface area contributed by atoms with E-state index in [0.29, 0.717) is 5.65 Å². The molecule has 0 aliphatic heterocycles. The van der Waals surface area contributed by atoms with Crippen LogP contribution in [0, 0.1) is 5.92 Å². The lowest BCUT2D eigenvalue weighted by Gasteiger charge is -2.25. The zero-order chi connectivity index (χ0) is 11.7. The maximum Gasteiger partial charge on any atom is 0.224 e. The number of imidazole rings is 1. The molecule has 2 aromatic rings. The van der Waals surface area contributed by atoms with Crippen molar-refractivity contribution >= 4 is 22.9 Å². The molecule has 1 aliphatic rings. The van der Waals surface area contributed by atoms with E-state index >= 15 is 0 Å². The van der Waals surface area contributed by atoms with E-state index in [0.717, 1.165) is 23.8 Å². The van der Waals surface area contributed by atoms with Crippen LogP contribution in [0.5, 0.6) is 0 Å². The molecule has 90 valence electrons. The van der Waals surface area contributed by atoms with Crippen LogP contribution in [0.2, 0.25) is 0 Å². The number of anilines is 2. The normalized spacial score (nSPS) is 16.0.